The Morgan fingerprint density at radius 2 is 2.06 bits per heavy atom. The Morgan fingerprint density at radius 3 is 2.65 bits per heavy atom. The van der Waals surface area contributed by atoms with Gasteiger partial charge in [-0.1, -0.05) is 11.6 Å². The largest absolute Gasteiger partial charge is 0.365 e. The molecule has 0 radical (unpaired) electrons. The zero-order chi connectivity index (χ0) is 12.4. The average Bonchev–Trinajstić information content (AvgIpc) is 2.34. The number of hydrogen-bond acceptors (Lipinski definition) is 2. The van der Waals surface area contributed by atoms with Gasteiger partial charge in [0, 0.05) is 13.1 Å². The van der Waals surface area contributed by atoms with E-state index in [0.717, 1.165) is 6.42 Å². The lowest BCUT2D eigenvalue weighted by Gasteiger charge is -2.28. The first kappa shape index (κ1) is 11.6. The van der Waals surface area contributed by atoms with Crippen LogP contribution in [-0.4, -0.2) is 13.1 Å². The van der Waals surface area contributed by atoms with Crippen LogP contribution < -0.4 is 4.90 Å². The first-order valence-corrected chi connectivity index (χ1v) is 5.42. The third kappa shape index (κ3) is 2.14. The third-order valence-electron chi connectivity index (χ3n) is 2.96. The van der Waals surface area contributed by atoms with E-state index < -0.39 is 11.6 Å². The van der Waals surface area contributed by atoms with E-state index >= 15 is 0 Å². The number of nitrogens with zero attached hydrogens (tertiary/aromatic N) is 2. The van der Waals surface area contributed by atoms with Gasteiger partial charge in [-0.3, -0.25) is 0 Å². The molecule has 0 bridgehead atoms. The van der Waals surface area contributed by atoms with Gasteiger partial charge in [0.2, 0.25) is 0 Å². The summed E-state index contributed by atoms with van der Waals surface area (Å²) < 4.78 is 27.2. The predicted molar refractivity (Wildman–Crippen MR) is 61.7 cm³/mol. The molecule has 0 spiro atoms. The second-order valence-corrected chi connectivity index (χ2v) is 4.12. The standard InChI is InChI=1S/C13H12F2N2/c1-9-4-6-17(7-5-9)11-3-2-10(8-16)12(14)13(11)15/h2-4H,5-7H2,1H3. The zero-order valence-electron chi connectivity index (χ0n) is 9.50. The summed E-state index contributed by atoms with van der Waals surface area (Å²) in [5, 5.41) is 8.60. The highest BCUT2D eigenvalue weighted by atomic mass is 19.2. The number of hydrogen-bond donors (Lipinski definition) is 0. The summed E-state index contributed by atoms with van der Waals surface area (Å²) in [7, 11) is 0. The van der Waals surface area contributed by atoms with Gasteiger partial charge in [-0.05, 0) is 25.5 Å². The minimum atomic E-state index is -1.06. The molecule has 0 saturated carbocycles. The van der Waals surface area contributed by atoms with Crippen molar-refractivity contribution in [3.05, 3.63) is 41.0 Å². The van der Waals surface area contributed by atoms with Crippen LogP contribution in [-0.2, 0) is 0 Å². The molecule has 0 aliphatic carbocycles. The highest BCUT2D eigenvalue weighted by Gasteiger charge is 2.19. The lowest BCUT2D eigenvalue weighted by atomic mass is 10.1. The first-order chi connectivity index (χ1) is 8.13. The predicted octanol–water partition coefficient (Wildman–Crippen LogP) is 2.99. The summed E-state index contributed by atoms with van der Waals surface area (Å²) in [6.07, 6.45) is 2.85. The lowest BCUT2D eigenvalue weighted by Crippen LogP contribution is -2.29. The Bertz CT molecular complexity index is 515. The molecule has 2 rings (SSSR count). The molecule has 0 aromatic heterocycles. The van der Waals surface area contributed by atoms with Crippen molar-refractivity contribution in [3.63, 3.8) is 0 Å². The molecule has 4 heteroatoms. The monoisotopic (exact) mass is 234 g/mol. The summed E-state index contributed by atoms with van der Waals surface area (Å²) >= 11 is 0. The van der Waals surface area contributed by atoms with E-state index in [1.165, 1.54) is 17.7 Å². The van der Waals surface area contributed by atoms with Crippen molar-refractivity contribution >= 4 is 5.69 Å². The van der Waals surface area contributed by atoms with E-state index in [9.17, 15) is 8.78 Å². The van der Waals surface area contributed by atoms with Gasteiger partial charge in [-0.25, -0.2) is 8.78 Å². The number of halogens is 2. The van der Waals surface area contributed by atoms with Gasteiger partial charge in [0.05, 0.1) is 11.3 Å². The van der Waals surface area contributed by atoms with E-state index in [1.807, 2.05) is 13.0 Å². The van der Waals surface area contributed by atoms with Crippen LogP contribution in [0.5, 0.6) is 0 Å². The van der Waals surface area contributed by atoms with E-state index in [4.69, 9.17) is 5.26 Å². The minimum absolute atomic E-state index is 0.227. The molecule has 17 heavy (non-hydrogen) atoms. The molecule has 0 amide bonds. The third-order valence-corrected chi connectivity index (χ3v) is 2.96. The quantitative estimate of drug-likeness (QED) is 0.698. The van der Waals surface area contributed by atoms with Crippen molar-refractivity contribution < 1.29 is 8.78 Å². The second-order valence-electron chi connectivity index (χ2n) is 4.12. The minimum Gasteiger partial charge on any atom is -0.365 e. The summed E-state index contributed by atoms with van der Waals surface area (Å²) in [6.45, 7) is 3.27. The van der Waals surface area contributed by atoms with E-state index in [0.29, 0.717) is 13.1 Å². The van der Waals surface area contributed by atoms with Crippen molar-refractivity contribution in [2.24, 2.45) is 0 Å². The lowest BCUT2D eigenvalue weighted by molar-refractivity contribution is 0.504. The molecule has 0 unspecified atom stereocenters. The van der Waals surface area contributed by atoms with Gasteiger partial charge in [0.1, 0.15) is 6.07 Å². The second kappa shape index (κ2) is 4.54. The Labute approximate surface area is 98.8 Å². The summed E-state index contributed by atoms with van der Waals surface area (Å²) in [6, 6.07) is 4.41. The number of nitriles is 1. The fourth-order valence-corrected chi connectivity index (χ4v) is 1.86. The Balaban J connectivity index is 2.35. The van der Waals surface area contributed by atoms with Gasteiger partial charge in [0.25, 0.3) is 0 Å². The van der Waals surface area contributed by atoms with Crippen molar-refractivity contribution in [3.8, 4) is 6.07 Å². The van der Waals surface area contributed by atoms with E-state index in [-0.39, 0.29) is 11.3 Å². The molecule has 1 heterocycles. The van der Waals surface area contributed by atoms with Crippen LogP contribution in [0.3, 0.4) is 0 Å². The van der Waals surface area contributed by atoms with Crippen LogP contribution in [0.2, 0.25) is 0 Å². The summed E-state index contributed by atoms with van der Waals surface area (Å²) in [5.74, 6) is -1.99. The van der Waals surface area contributed by atoms with Crippen LogP contribution in [0.4, 0.5) is 14.5 Å². The number of rotatable bonds is 1. The number of benzene rings is 1. The van der Waals surface area contributed by atoms with E-state index in [1.54, 1.807) is 11.0 Å². The molecule has 1 aliphatic rings. The van der Waals surface area contributed by atoms with Crippen LogP contribution in [0.1, 0.15) is 18.9 Å². The van der Waals surface area contributed by atoms with Gasteiger partial charge in [0.15, 0.2) is 11.6 Å². The highest BCUT2D eigenvalue weighted by molar-refractivity contribution is 5.53. The van der Waals surface area contributed by atoms with E-state index in [2.05, 4.69) is 0 Å². The molecule has 1 aromatic carbocycles. The van der Waals surface area contributed by atoms with Crippen LogP contribution >= 0.6 is 0 Å². The van der Waals surface area contributed by atoms with Gasteiger partial charge < -0.3 is 4.90 Å². The molecule has 1 aromatic rings. The van der Waals surface area contributed by atoms with Gasteiger partial charge >= 0.3 is 0 Å². The Morgan fingerprint density at radius 1 is 1.29 bits per heavy atom. The smallest absolute Gasteiger partial charge is 0.183 e. The molecule has 0 saturated heterocycles. The average molecular weight is 234 g/mol. The molecule has 88 valence electrons. The van der Waals surface area contributed by atoms with Crippen molar-refractivity contribution in [1.29, 1.82) is 5.26 Å². The number of anilines is 1. The van der Waals surface area contributed by atoms with Crippen LogP contribution in [0, 0.1) is 23.0 Å². The molecule has 1 aliphatic heterocycles. The Hall–Kier alpha value is -1.89. The normalized spacial score (nSPS) is 15.4. The molecule has 0 atom stereocenters. The SMILES string of the molecule is CC1=CCN(c2ccc(C#N)c(F)c2F)CC1. The molecular formula is C13H12F2N2. The summed E-state index contributed by atoms with van der Waals surface area (Å²) in [4.78, 5) is 1.77. The maximum Gasteiger partial charge on any atom is 0.183 e. The maximum absolute atomic E-state index is 13.7. The van der Waals surface area contributed by atoms with Crippen LogP contribution in [0.25, 0.3) is 0 Å². The topological polar surface area (TPSA) is 27.0 Å². The molecule has 0 N–H and O–H groups in total. The first-order valence-electron chi connectivity index (χ1n) is 5.42. The molecule has 0 fully saturated rings. The zero-order valence-corrected chi connectivity index (χ0v) is 9.50. The van der Waals surface area contributed by atoms with Crippen LogP contribution in [0.15, 0.2) is 23.8 Å². The molecule has 2 nitrogen and oxygen atoms in total. The maximum atomic E-state index is 13.7. The summed E-state index contributed by atoms with van der Waals surface area (Å²) in [5.41, 5.74) is 1.23. The fourth-order valence-electron chi connectivity index (χ4n) is 1.86. The van der Waals surface area contributed by atoms with Gasteiger partial charge in [-0.2, -0.15) is 5.26 Å². The fraction of sp³-hybridized carbons (Fsp3) is 0.308. The highest BCUT2D eigenvalue weighted by Crippen LogP contribution is 2.26. The van der Waals surface area contributed by atoms with Crippen molar-refractivity contribution in [1.82, 2.24) is 0 Å². The molecular weight excluding hydrogens is 222 g/mol. The van der Waals surface area contributed by atoms with Gasteiger partial charge in [-0.15, -0.1) is 0 Å². The van der Waals surface area contributed by atoms with Crippen molar-refractivity contribution in [2.45, 2.75) is 13.3 Å². The Kier molecular flexibility index (Phi) is 3.10. The van der Waals surface area contributed by atoms with Crippen molar-refractivity contribution in [2.75, 3.05) is 18.0 Å².